The van der Waals surface area contributed by atoms with Crippen LogP contribution in [0.15, 0.2) is 36.4 Å². The Labute approximate surface area is 118 Å². The van der Waals surface area contributed by atoms with E-state index in [1.807, 2.05) is 0 Å². The molecule has 0 aromatic heterocycles. The molecular weight excluding hydrogens is 286 g/mol. The molecule has 1 N–H and O–H groups in total. The number of nitrogens with zero attached hydrogens (tertiary/aromatic N) is 1. The number of amides is 1. The summed E-state index contributed by atoms with van der Waals surface area (Å²) >= 11 is 5.69. The molecule has 0 aliphatic heterocycles. The average Bonchev–Trinajstić information content (AvgIpc) is 2.43. The fourth-order valence-corrected chi connectivity index (χ4v) is 1.75. The topological polar surface area (TPSA) is 52.9 Å². The van der Waals surface area contributed by atoms with Crippen molar-refractivity contribution < 1.29 is 13.6 Å². The Morgan fingerprint density at radius 3 is 2.65 bits per heavy atom. The zero-order chi connectivity index (χ0) is 14.7. The van der Waals surface area contributed by atoms with Crippen molar-refractivity contribution >= 4 is 23.2 Å². The number of carbonyl (C=O) groups is 1. The van der Waals surface area contributed by atoms with Gasteiger partial charge in [-0.05, 0) is 36.4 Å². The standard InChI is InChI=1S/C14H7ClF2N2O/c15-9-1-3-12(17)11(6-9)14(20)19-13-4-2-10(16)5-8(13)7-18/h1-6H,(H,19,20). The van der Waals surface area contributed by atoms with Crippen molar-refractivity contribution in [1.82, 2.24) is 0 Å². The van der Waals surface area contributed by atoms with Gasteiger partial charge in [0.2, 0.25) is 0 Å². The summed E-state index contributed by atoms with van der Waals surface area (Å²) in [6, 6.07) is 8.58. The molecule has 0 bridgehead atoms. The molecular formula is C14H7ClF2N2O. The summed E-state index contributed by atoms with van der Waals surface area (Å²) in [6.45, 7) is 0. The lowest BCUT2D eigenvalue weighted by Gasteiger charge is -2.08. The van der Waals surface area contributed by atoms with Crippen molar-refractivity contribution in [3.63, 3.8) is 0 Å². The van der Waals surface area contributed by atoms with E-state index in [1.165, 1.54) is 18.2 Å². The van der Waals surface area contributed by atoms with Gasteiger partial charge in [-0.2, -0.15) is 5.26 Å². The quantitative estimate of drug-likeness (QED) is 0.916. The van der Waals surface area contributed by atoms with Crippen molar-refractivity contribution in [3.8, 4) is 6.07 Å². The number of benzene rings is 2. The Morgan fingerprint density at radius 1 is 1.20 bits per heavy atom. The van der Waals surface area contributed by atoms with E-state index >= 15 is 0 Å². The predicted molar refractivity (Wildman–Crippen MR) is 70.5 cm³/mol. The molecule has 0 fully saturated rings. The third kappa shape index (κ3) is 2.92. The summed E-state index contributed by atoms with van der Waals surface area (Å²) in [7, 11) is 0. The molecule has 2 aromatic rings. The third-order valence-electron chi connectivity index (χ3n) is 2.52. The maximum absolute atomic E-state index is 13.5. The lowest BCUT2D eigenvalue weighted by atomic mass is 10.1. The summed E-state index contributed by atoms with van der Waals surface area (Å²) in [5, 5.41) is 11.4. The molecule has 0 aliphatic rings. The number of halogens is 3. The zero-order valence-electron chi connectivity index (χ0n) is 9.95. The molecule has 0 heterocycles. The van der Waals surface area contributed by atoms with Crippen LogP contribution in [0.25, 0.3) is 0 Å². The van der Waals surface area contributed by atoms with Crippen LogP contribution in [0.2, 0.25) is 5.02 Å². The summed E-state index contributed by atoms with van der Waals surface area (Å²) in [6.07, 6.45) is 0. The van der Waals surface area contributed by atoms with Crippen molar-refractivity contribution in [2.45, 2.75) is 0 Å². The largest absolute Gasteiger partial charge is 0.321 e. The molecule has 6 heteroatoms. The summed E-state index contributed by atoms with van der Waals surface area (Å²) in [5.41, 5.74) is -0.218. The van der Waals surface area contributed by atoms with Gasteiger partial charge in [0.25, 0.3) is 5.91 Å². The maximum Gasteiger partial charge on any atom is 0.258 e. The molecule has 100 valence electrons. The normalized spacial score (nSPS) is 9.90. The fourth-order valence-electron chi connectivity index (χ4n) is 1.58. The fraction of sp³-hybridized carbons (Fsp3) is 0. The van der Waals surface area contributed by atoms with E-state index in [9.17, 15) is 13.6 Å². The van der Waals surface area contributed by atoms with Gasteiger partial charge in [-0.15, -0.1) is 0 Å². The second-order valence-electron chi connectivity index (χ2n) is 3.88. The average molecular weight is 293 g/mol. The third-order valence-corrected chi connectivity index (χ3v) is 2.76. The lowest BCUT2D eigenvalue weighted by molar-refractivity contribution is 0.102. The number of carbonyl (C=O) groups excluding carboxylic acids is 1. The monoisotopic (exact) mass is 292 g/mol. The molecule has 2 aromatic carbocycles. The number of nitriles is 1. The van der Waals surface area contributed by atoms with Crippen LogP contribution in [-0.4, -0.2) is 5.91 Å². The zero-order valence-corrected chi connectivity index (χ0v) is 10.7. The van der Waals surface area contributed by atoms with Crippen LogP contribution in [0.5, 0.6) is 0 Å². The van der Waals surface area contributed by atoms with Gasteiger partial charge in [0.1, 0.15) is 17.7 Å². The smallest absolute Gasteiger partial charge is 0.258 e. The maximum atomic E-state index is 13.5. The van der Waals surface area contributed by atoms with Crippen LogP contribution >= 0.6 is 11.6 Å². The van der Waals surface area contributed by atoms with E-state index in [0.717, 1.165) is 18.2 Å². The SMILES string of the molecule is N#Cc1cc(F)ccc1NC(=O)c1cc(Cl)ccc1F. The van der Waals surface area contributed by atoms with Gasteiger partial charge in [0.05, 0.1) is 16.8 Å². The van der Waals surface area contributed by atoms with Crippen molar-refractivity contribution in [3.05, 3.63) is 64.2 Å². The van der Waals surface area contributed by atoms with E-state index in [1.54, 1.807) is 6.07 Å². The summed E-state index contributed by atoms with van der Waals surface area (Å²) in [5.74, 6) is -2.12. The van der Waals surface area contributed by atoms with Gasteiger partial charge in [-0.3, -0.25) is 4.79 Å². The number of anilines is 1. The molecule has 0 unspecified atom stereocenters. The Bertz CT molecular complexity index is 726. The molecule has 1 amide bonds. The van der Waals surface area contributed by atoms with Crippen LogP contribution in [0, 0.1) is 23.0 Å². The molecule has 0 saturated carbocycles. The molecule has 0 aliphatic carbocycles. The molecule has 0 spiro atoms. The summed E-state index contributed by atoms with van der Waals surface area (Å²) < 4.78 is 26.5. The molecule has 0 saturated heterocycles. The van der Waals surface area contributed by atoms with Crippen LogP contribution in [0.1, 0.15) is 15.9 Å². The highest BCUT2D eigenvalue weighted by Crippen LogP contribution is 2.19. The van der Waals surface area contributed by atoms with Crippen molar-refractivity contribution in [2.24, 2.45) is 0 Å². The van der Waals surface area contributed by atoms with Crippen LogP contribution in [0.3, 0.4) is 0 Å². The van der Waals surface area contributed by atoms with E-state index < -0.39 is 17.5 Å². The van der Waals surface area contributed by atoms with Gasteiger partial charge in [0, 0.05) is 5.02 Å². The minimum Gasteiger partial charge on any atom is -0.321 e. The molecule has 20 heavy (non-hydrogen) atoms. The highest BCUT2D eigenvalue weighted by molar-refractivity contribution is 6.31. The van der Waals surface area contributed by atoms with E-state index in [4.69, 9.17) is 16.9 Å². The van der Waals surface area contributed by atoms with Crippen LogP contribution < -0.4 is 5.32 Å². The Kier molecular flexibility index (Phi) is 3.97. The number of hydrogen-bond acceptors (Lipinski definition) is 2. The summed E-state index contributed by atoms with van der Waals surface area (Å²) in [4.78, 5) is 11.9. The first-order chi connectivity index (χ1) is 9.51. The Balaban J connectivity index is 2.33. The predicted octanol–water partition coefficient (Wildman–Crippen LogP) is 3.74. The molecule has 3 nitrogen and oxygen atoms in total. The van der Waals surface area contributed by atoms with Gasteiger partial charge >= 0.3 is 0 Å². The first-order valence-electron chi connectivity index (χ1n) is 5.47. The number of nitrogens with one attached hydrogen (secondary N) is 1. The molecule has 0 atom stereocenters. The highest BCUT2D eigenvalue weighted by atomic mass is 35.5. The van der Waals surface area contributed by atoms with Crippen molar-refractivity contribution in [1.29, 1.82) is 5.26 Å². The van der Waals surface area contributed by atoms with Gasteiger partial charge in [0.15, 0.2) is 0 Å². The van der Waals surface area contributed by atoms with Crippen LogP contribution in [0.4, 0.5) is 14.5 Å². The first-order valence-corrected chi connectivity index (χ1v) is 5.85. The van der Waals surface area contributed by atoms with E-state index in [0.29, 0.717) is 0 Å². The Morgan fingerprint density at radius 2 is 1.95 bits per heavy atom. The molecule has 0 radical (unpaired) electrons. The number of rotatable bonds is 2. The lowest BCUT2D eigenvalue weighted by Crippen LogP contribution is -2.14. The van der Waals surface area contributed by atoms with Gasteiger partial charge < -0.3 is 5.32 Å². The molecule has 2 rings (SSSR count). The highest BCUT2D eigenvalue weighted by Gasteiger charge is 2.14. The first kappa shape index (κ1) is 14.0. The minimum absolute atomic E-state index is 0.0548. The Hall–Kier alpha value is -2.45. The second-order valence-corrected chi connectivity index (χ2v) is 4.32. The van der Waals surface area contributed by atoms with Crippen LogP contribution in [-0.2, 0) is 0 Å². The van der Waals surface area contributed by atoms with Crippen molar-refractivity contribution in [2.75, 3.05) is 5.32 Å². The number of hydrogen-bond donors (Lipinski definition) is 1. The second kappa shape index (κ2) is 5.68. The van der Waals surface area contributed by atoms with E-state index in [2.05, 4.69) is 5.32 Å². The van der Waals surface area contributed by atoms with E-state index in [-0.39, 0.29) is 21.8 Å². The van der Waals surface area contributed by atoms with Gasteiger partial charge in [-0.25, -0.2) is 8.78 Å². The minimum atomic E-state index is -0.770. The van der Waals surface area contributed by atoms with Gasteiger partial charge in [-0.1, -0.05) is 11.6 Å².